The number of rotatable bonds is 1. The molecule has 0 radical (unpaired) electrons. The van der Waals surface area contributed by atoms with E-state index in [0.29, 0.717) is 24.7 Å². The van der Waals surface area contributed by atoms with Crippen molar-refractivity contribution in [2.24, 2.45) is 0 Å². The van der Waals surface area contributed by atoms with Crippen LogP contribution in [0.3, 0.4) is 0 Å². The molecule has 0 bridgehead atoms. The number of halogens is 6. The van der Waals surface area contributed by atoms with Crippen molar-refractivity contribution in [3.8, 4) is 11.1 Å². The maximum atomic E-state index is 12.7. The Labute approximate surface area is 131 Å². The van der Waals surface area contributed by atoms with Gasteiger partial charge in [-0.3, -0.25) is 0 Å². The molecule has 2 rings (SSSR count). The molecule has 2 aromatic rings. The minimum Gasteiger partial charge on any atom is -0.166 e. The molecule has 0 saturated carbocycles. The zero-order chi connectivity index (χ0) is 14.2. The van der Waals surface area contributed by atoms with Crippen LogP contribution in [-0.2, 0) is 6.18 Å². The molecule has 0 aliphatic carbocycles. The second-order valence-corrected chi connectivity index (χ2v) is 5.82. The van der Waals surface area contributed by atoms with Gasteiger partial charge in [0.25, 0.3) is 0 Å². The largest absolute Gasteiger partial charge is 0.416 e. The lowest BCUT2D eigenvalue weighted by molar-refractivity contribution is -0.137. The molecule has 0 aromatic heterocycles. The Hall–Kier alpha value is -0.460. The highest BCUT2D eigenvalue weighted by Crippen LogP contribution is 2.37. The van der Waals surface area contributed by atoms with Crippen LogP contribution in [0.4, 0.5) is 13.2 Å². The van der Waals surface area contributed by atoms with E-state index in [4.69, 9.17) is 23.2 Å². The second-order valence-electron chi connectivity index (χ2n) is 3.82. The Bertz CT molecular complexity index is 624. The van der Waals surface area contributed by atoms with E-state index >= 15 is 0 Å². The molecule has 0 aliphatic heterocycles. The van der Waals surface area contributed by atoms with Crippen molar-refractivity contribution in [1.82, 2.24) is 0 Å². The molecule has 0 fully saturated rings. The fourth-order valence-corrected chi connectivity index (χ4v) is 2.75. The minimum atomic E-state index is -4.38. The van der Waals surface area contributed by atoms with Crippen molar-refractivity contribution in [3.63, 3.8) is 0 Å². The van der Waals surface area contributed by atoms with Crippen molar-refractivity contribution in [1.29, 1.82) is 0 Å². The topological polar surface area (TPSA) is 0 Å². The fourth-order valence-electron chi connectivity index (χ4n) is 1.62. The first kappa shape index (κ1) is 14.9. The number of hydrogen-bond acceptors (Lipinski definition) is 0. The highest BCUT2D eigenvalue weighted by molar-refractivity contribution is 14.1. The summed E-state index contributed by atoms with van der Waals surface area (Å²) in [6, 6.07) is 8.28. The highest BCUT2D eigenvalue weighted by atomic mass is 127. The molecule has 0 heterocycles. The predicted octanol–water partition coefficient (Wildman–Crippen LogP) is 6.28. The summed E-state index contributed by atoms with van der Waals surface area (Å²) in [6.07, 6.45) is -4.38. The Morgan fingerprint density at radius 3 is 2.16 bits per heavy atom. The molecule has 0 saturated heterocycles. The zero-order valence-electron chi connectivity index (χ0n) is 9.23. The molecule has 100 valence electrons. The first-order valence-corrected chi connectivity index (χ1v) is 6.94. The SMILES string of the molecule is FC(F)(F)c1ccc(I)c(-c2ccc(Cl)cc2Cl)c1. The number of benzene rings is 2. The van der Waals surface area contributed by atoms with Gasteiger partial charge >= 0.3 is 6.18 Å². The van der Waals surface area contributed by atoms with Gasteiger partial charge in [0.2, 0.25) is 0 Å². The van der Waals surface area contributed by atoms with Crippen LogP contribution in [0.5, 0.6) is 0 Å². The fraction of sp³-hybridized carbons (Fsp3) is 0.0769. The standard InChI is InChI=1S/C13H6Cl2F3I/c14-8-2-3-9(11(15)6-8)10-5-7(13(16,17)18)1-4-12(10)19/h1-6H. The summed E-state index contributed by atoms with van der Waals surface area (Å²) in [4.78, 5) is 0. The Balaban J connectivity index is 2.61. The van der Waals surface area contributed by atoms with E-state index in [1.54, 1.807) is 12.1 Å². The first-order valence-electron chi connectivity index (χ1n) is 5.11. The summed E-state index contributed by atoms with van der Waals surface area (Å²) in [7, 11) is 0. The van der Waals surface area contributed by atoms with Crippen LogP contribution < -0.4 is 0 Å². The summed E-state index contributed by atoms with van der Waals surface area (Å²) in [5.74, 6) is 0. The maximum absolute atomic E-state index is 12.7. The van der Waals surface area contributed by atoms with Crippen molar-refractivity contribution in [3.05, 3.63) is 55.6 Å². The van der Waals surface area contributed by atoms with E-state index in [9.17, 15) is 13.2 Å². The number of hydrogen-bond donors (Lipinski definition) is 0. The van der Waals surface area contributed by atoms with Crippen LogP contribution in [0.25, 0.3) is 11.1 Å². The van der Waals surface area contributed by atoms with Gasteiger partial charge in [-0.15, -0.1) is 0 Å². The molecule has 6 heteroatoms. The lowest BCUT2D eigenvalue weighted by Gasteiger charge is -2.12. The van der Waals surface area contributed by atoms with Gasteiger partial charge in [-0.2, -0.15) is 13.2 Å². The minimum absolute atomic E-state index is 0.324. The summed E-state index contributed by atoms with van der Waals surface area (Å²) >= 11 is 13.8. The van der Waals surface area contributed by atoms with Crippen LogP contribution in [-0.4, -0.2) is 0 Å². The van der Waals surface area contributed by atoms with E-state index in [0.717, 1.165) is 12.1 Å². The van der Waals surface area contributed by atoms with Gasteiger partial charge in [-0.1, -0.05) is 29.3 Å². The Morgan fingerprint density at radius 1 is 0.895 bits per heavy atom. The van der Waals surface area contributed by atoms with E-state index in [-0.39, 0.29) is 0 Å². The smallest absolute Gasteiger partial charge is 0.166 e. The average molecular weight is 417 g/mol. The van der Waals surface area contributed by atoms with Crippen molar-refractivity contribution in [2.45, 2.75) is 6.18 Å². The van der Waals surface area contributed by atoms with Gasteiger partial charge in [0.15, 0.2) is 0 Å². The van der Waals surface area contributed by atoms with E-state index in [1.807, 2.05) is 22.6 Å². The summed E-state index contributed by atoms with van der Waals surface area (Å²) < 4.78 is 38.9. The van der Waals surface area contributed by atoms with E-state index < -0.39 is 11.7 Å². The van der Waals surface area contributed by atoms with Crippen LogP contribution in [0.1, 0.15) is 5.56 Å². The maximum Gasteiger partial charge on any atom is 0.416 e. The molecular formula is C13H6Cl2F3I. The van der Waals surface area contributed by atoms with Crippen LogP contribution in [0.15, 0.2) is 36.4 Å². The third-order valence-corrected chi connectivity index (χ3v) is 4.00. The molecule has 0 nitrogen and oxygen atoms in total. The molecule has 0 amide bonds. The normalized spacial score (nSPS) is 11.7. The molecule has 0 atom stereocenters. The Morgan fingerprint density at radius 2 is 1.58 bits per heavy atom. The summed E-state index contributed by atoms with van der Waals surface area (Å²) in [6.45, 7) is 0. The monoisotopic (exact) mass is 416 g/mol. The van der Waals surface area contributed by atoms with Gasteiger partial charge < -0.3 is 0 Å². The molecule has 0 unspecified atom stereocenters. The molecule has 0 aliphatic rings. The molecular weight excluding hydrogens is 411 g/mol. The van der Waals surface area contributed by atoms with Gasteiger partial charge in [-0.05, 0) is 58.5 Å². The summed E-state index contributed by atoms with van der Waals surface area (Å²) in [5.41, 5.74) is 0.271. The predicted molar refractivity (Wildman–Crippen MR) is 79.6 cm³/mol. The van der Waals surface area contributed by atoms with E-state index in [2.05, 4.69) is 0 Å². The average Bonchev–Trinajstić information content (AvgIpc) is 2.29. The van der Waals surface area contributed by atoms with Gasteiger partial charge in [-0.25, -0.2) is 0 Å². The molecule has 0 spiro atoms. The second kappa shape index (κ2) is 5.50. The lowest BCUT2D eigenvalue weighted by Crippen LogP contribution is -2.05. The van der Waals surface area contributed by atoms with Crippen LogP contribution in [0, 0.1) is 3.57 Å². The number of alkyl halides is 3. The van der Waals surface area contributed by atoms with Gasteiger partial charge in [0.1, 0.15) is 0 Å². The first-order chi connectivity index (χ1) is 8.79. The third kappa shape index (κ3) is 3.35. The zero-order valence-corrected chi connectivity index (χ0v) is 12.9. The highest BCUT2D eigenvalue weighted by Gasteiger charge is 2.31. The molecule has 2 aromatic carbocycles. The quantitative estimate of drug-likeness (QED) is 0.479. The molecule has 19 heavy (non-hydrogen) atoms. The van der Waals surface area contributed by atoms with Crippen LogP contribution >= 0.6 is 45.8 Å². The van der Waals surface area contributed by atoms with E-state index in [1.165, 1.54) is 12.1 Å². The van der Waals surface area contributed by atoms with Crippen molar-refractivity contribution in [2.75, 3.05) is 0 Å². The Kier molecular flexibility index (Phi) is 4.32. The summed E-state index contributed by atoms with van der Waals surface area (Å²) in [5, 5.41) is 0.764. The molecule has 0 N–H and O–H groups in total. The van der Waals surface area contributed by atoms with Crippen LogP contribution in [0.2, 0.25) is 10.0 Å². The van der Waals surface area contributed by atoms with Crippen molar-refractivity contribution < 1.29 is 13.2 Å². The lowest BCUT2D eigenvalue weighted by atomic mass is 10.0. The van der Waals surface area contributed by atoms with Gasteiger partial charge in [0, 0.05) is 19.2 Å². The third-order valence-electron chi connectivity index (χ3n) is 2.51. The van der Waals surface area contributed by atoms with Gasteiger partial charge in [0.05, 0.1) is 5.56 Å². The van der Waals surface area contributed by atoms with Crippen molar-refractivity contribution >= 4 is 45.8 Å².